The molecule has 0 radical (unpaired) electrons. The molecule has 0 saturated heterocycles. The van der Waals surface area contributed by atoms with Gasteiger partial charge in [0.25, 0.3) is 0 Å². The Morgan fingerprint density at radius 1 is 1.24 bits per heavy atom. The highest BCUT2D eigenvalue weighted by molar-refractivity contribution is 5.16. The van der Waals surface area contributed by atoms with Crippen molar-refractivity contribution in [1.82, 2.24) is 9.97 Å². The number of nitrogens with zero attached hydrogens (tertiary/aromatic N) is 2. The third-order valence-electron chi connectivity index (χ3n) is 3.62. The van der Waals surface area contributed by atoms with Crippen LogP contribution >= 0.6 is 0 Å². The number of rotatable bonds is 3. The van der Waals surface area contributed by atoms with E-state index in [1.165, 1.54) is 44.9 Å². The summed E-state index contributed by atoms with van der Waals surface area (Å²) in [6.07, 6.45) is 9.24. The fraction of sp³-hybridized carbons (Fsp3) is 0.692. The van der Waals surface area contributed by atoms with Crippen LogP contribution in [-0.2, 0) is 0 Å². The predicted molar refractivity (Wildman–Crippen MR) is 66.7 cm³/mol. The van der Waals surface area contributed by atoms with Gasteiger partial charge in [-0.2, -0.15) is 0 Å². The molecule has 1 aliphatic rings. The van der Waals surface area contributed by atoms with Gasteiger partial charge in [-0.1, -0.05) is 25.7 Å². The first-order chi connectivity index (χ1) is 8.31. The summed E-state index contributed by atoms with van der Waals surface area (Å²) in [7, 11) is 1.61. The second-order valence-corrected chi connectivity index (χ2v) is 4.76. The van der Waals surface area contributed by atoms with E-state index in [9.17, 15) is 0 Å². The second kappa shape index (κ2) is 5.96. The third-order valence-corrected chi connectivity index (χ3v) is 3.62. The lowest BCUT2D eigenvalue weighted by Gasteiger charge is -2.21. The normalized spacial score (nSPS) is 19.6. The smallest absolute Gasteiger partial charge is 0.216 e. The maximum absolute atomic E-state index is 6.32. The van der Waals surface area contributed by atoms with Crippen LogP contribution in [0.4, 0.5) is 0 Å². The molecule has 1 atom stereocenters. The summed E-state index contributed by atoms with van der Waals surface area (Å²) in [5.41, 5.74) is 7.22. The first-order valence-corrected chi connectivity index (χ1v) is 6.43. The fourth-order valence-electron chi connectivity index (χ4n) is 2.56. The van der Waals surface area contributed by atoms with Crippen molar-refractivity contribution in [3.05, 3.63) is 18.1 Å². The lowest BCUT2D eigenvalue weighted by Crippen LogP contribution is -2.22. The third kappa shape index (κ3) is 3.16. The van der Waals surface area contributed by atoms with Gasteiger partial charge < -0.3 is 10.5 Å². The predicted octanol–water partition coefficient (Wildman–Crippen LogP) is 2.46. The minimum Gasteiger partial charge on any atom is -0.481 e. The molecule has 94 valence electrons. The van der Waals surface area contributed by atoms with Crippen molar-refractivity contribution in [3.63, 3.8) is 0 Å². The molecular formula is C13H21N3O. The molecule has 1 saturated carbocycles. The monoisotopic (exact) mass is 235 g/mol. The lowest BCUT2D eigenvalue weighted by atomic mass is 9.90. The highest BCUT2D eigenvalue weighted by Crippen LogP contribution is 2.31. The van der Waals surface area contributed by atoms with Gasteiger partial charge in [0.15, 0.2) is 0 Å². The molecule has 0 aromatic carbocycles. The molecule has 1 heterocycles. The highest BCUT2D eigenvalue weighted by Gasteiger charge is 2.22. The van der Waals surface area contributed by atoms with E-state index >= 15 is 0 Å². The minimum atomic E-state index is 0.0185. The van der Waals surface area contributed by atoms with Crippen LogP contribution in [0.5, 0.6) is 5.88 Å². The van der Waals surface area contributed by atoms with Crippen LogP contribution in [0.2, 0.25) is 0 Å². The van der Waals surface area contributed by atoms with E-state index in [0.29, 0.717) is 11.8 Å². The van der Waals surface area contributed by atoms with Crippen molar-refractivity contribution in [1.29, 1.82) is 0 Å². The van der Waals surface area contributed by atoms with Gasteiger partial charge in [-0.25, -0.2) is 9.97 Å². The topological polar surface area (TPSA) is 61.0 Å². The van der Waals surface area contributed by atoms with Gasteiger partial charge in [0.1, 0.15) is 6.33 Å². The summed E-state index contributed by atoms with van der Waals surface area (Å²) >= 11 is 0. The number of methoxy groups -OCH3 is 1. The van der Waals surface area contributed by atoms with Gasteiger partial charge in [0.2, 0.25) is 5.88 Å². The molecule has 0 spiro atoms. The van der Waals surface area contributed by atoms with Crippen LogP contribution in [0, 0.1) is 5.92 Å². The summed E-state index contributed by atoms with van der Waals surface area (Å²) in [5.74, 6) is 1.15. The van der Waals surface area contributed by atoms with Gasteiger partial charge in [-0.3, -0.25) is 0 Å². The number of aromatic nitrogens is 2. The molecule has 2 rings (SSSR count). The zero-order chi connectivity index (χ0) is 12.1. The Bertz CT molecular complexity index is 348. The van der Waals surface area contributed by atoms with E-state index in [1.807, 2.05) is 6.07 Å². The molecule has 1 aliphatic carbocycles. The molecule has 1 fully saturated rings. The van der Waals surface area contributed by atoms with E-state index in [4.69, 9.17) is 10.5 Å². The Morgan fingerprint density at radius 2 is 1.94 bits per heavy atom. The number of nitrogens with two attached hydrogens (primary N) is 1. The molecule has 4 heteroatoms. The fourth-order valence-corrected chi connectivity index (χ4v) is 2.56. The lowest BCUT2D eigenvalue weighted by molar-refractivity contribution is 0.368. The molecule has 1 aromatic rings. The highest BCUT2D eigenvalue weighted by atomic mass is 16.5. The summed E-state index contributed by atoms with van der Waals surface area (Å²) in [6, 6.07) is 1.88. The van der Waals surface area contributed by atoms with Crippen molar-refractivity contribution in [2.45, 2.75) is 44.6 Å². The summed E-state index contributed by atoms with van der Waals surface area (Å²) in [5, 5.41) is 0. The zero-order valence-corrected chi connectivity index (χ0v) is 10.4. The molecule has 17 heavy (non-hydrogen) atoms. The van der Waals surface area contributed by atoms with Crippen LogP contribution in [0.25, 0.3) is 0 Å². The Morgan fingerprint density at radius 3 is 2.59 bits per heavy atom. The van der Waals surface area contributed by atoms with Gasteiger partial charge in [0, 0.05) is 6.07 Å². The van der Waals surface area contributed by atoms with Gasteiger partial charge in [-0.15, -0.1) is 0 Å². The number of hydrogen-bond donors (Lipinski definition) is 1. The van der Waals surface area contributed by atoms with E-state index in [1.54, 1.807) is 7.11 Å². The van der Waals surface area contributed by atoms with Gasteiger partial charge in [-0.05, 0) is 18.8 Å². The zero-order valence-electron chi connectivity index (χ0n) is 10.4. The molecule has 2 N–H and O–H groups in total. The molecule has 1 unspecified atom stereocenters. The van der Waals surface area contributed by atoms with Crippen LogP contribution in [0.1, 0.15) is 50.3 Å². The first kappa shape index (κ1) is 12.3. The standard InChI is InChI=1S/C13H21N3O/c1-17-12-8-11(15-9-16-12)13(14)10-6-4-2-3-5-7-10/h8-10,13H,2-7,14H2,1H3. The number of hydrogen-bond acceptors (Lipinski definition) is 4. The summed E-state index contributed by atoms with van der Waals surface area (Å²) in [4.78, 5) is 8.29. The maximum Gasteiger partial charge on any atom is 0.216 e. The Labute approximate surface area is 103 Å². The van der Waals surface area contributed by atoms with E-state index < -0.39 is 0 Å². The molecule has 0 bridgehead atoms. The first-order valence-electron chi connectivity index (χ1n) is 6.43. The summed E-state index contributed by atoms with van der Waals surface area (Å²) < 4.78 is 5.11. The van der Waals surface area contributed by atoms with Crippen LogP contribution in [-0.4, -0.2) is 17.1 Å². The largest absolute Gasteiger partial charge is 0.481 e. The Hall–Kier alpha value is -1.16. The minimum absolute atomic E-state index is 0.0185. The Balaban J connectivity index is 2.08. The maximum atomic E-state index is 6.32. The molecule has 0 amide bonds. The van der Waals surface area contributed by atoms with Crippen molar-refractivity contribution >= 4 is 0 Å². The number of ether oxygens (including phenoxy) is 1. The molecule has 4 nitrogen and oxygen atoms in total. The van der Waals surface area contributed by atoms with E-state index in [0.717, 1.165) is 5.69 Å². The second-order valence-electron chi connectivity index (χ2n) is 4.76. The van der Waals surface area contributed by atoms with Crippen molar-refractivity contribution in [3.8, 4) is 5.88 Å². The molecule has 1 aromatic heterocycles. The average Bonchev–Trinajstić information content (AvgIpc) is 2.67. The van der Waals surface area contributed by atoms with Gasteiger partial charge in [0.05, 0.1) is 18.8 Å². The van der Waals surface area contributed by atoms with Gasteiger partial charge >= 0.3 is 0 Å². The van der Waals surface area contributed by atoms with Crippen molar-refractivity contribution < 1.29 is 4.74 Å². The molecular weight excluding hydrogens is 214 g/mol. The van der Waals surface area contributed by atoms with E-state index in [2.05, 4.69) is 9.97 Å². The van der Waals surface area contributed by atoms with Crippen LogP contribution in [0.15, 0.2) is 12.4 Å². The van der Waals surface area contributed by atoms with Crippen molar-refractivity contribution in [2.24, 2.45) is 11.7 Å². The van der Waals surface area contributed by atoms with Crippen molar-refractivity contribution in [2.75, 3.05) is 7.11 Å². The Kier molecular flexibility index (Phi) is 4.31. The SMILES string of the molecule is COc1cc(C(N)C2CCCCCC2)ncn1. The average molecular weight is 235 g/mol. The quantitative estimate of drug-likeness (QED) is 0.817. The van der Waals surface area contributed by atoms with Crippen LogP contribution in [0.3, 0.4) is 0 Å². The van der Waals surface area contributed by atoms with E-state index in [-0.39, 0.29) is 6.04 Å². The van der Waals surface area contributed by atoms with Crippen LogP contribution < -0.4 is 10.5 Å². The molecule has 0 aliphatic heterocycles. The summed E-state index contributed by atoms with van der Waals surface area (Å²) in [6.45, 7) is 0.